The smallest absolute Gasteiger partial charge is 0.387 e. The van der Waals surface area contributed by atoms with Gasteiger partial charge in [0.1, 0.15) is 25.1 Å². The van der Waals surface area contributed by atoms with Gasteiger partial charge in [-0.3, -0.25) is 29.0 Å². The normalized spacial score (nSPS) is 22.3. The molecular formula is C23H32N6O11P+. The number of imidazole rings is 1. The number of benzene rings is 1. The van der Waals surface area contributed by atoms with Gasteiger partial charge >= 0.3 is 13.5 Å². The van der Waals surface area contributed by atoms with E-state index in [1.54, 1.807) is 25.2 Å². The molecule has 0 spiro atoms. The first-order chi connectivity index (χ1) is 19.1. The van der Waals surface area contributed by atoms with Gasteiger partial charge < -0.3 is 34.8 Å². The number of nitro benzene ring substituents is 1. The van der Waals surface area contributed by atoms with Crippen LogP contribution in [-0.2, 0) is 30.3 Å². The highest BCUT2D eigenvalue weighted by Gasteiger charge is 2.49. The van der Waals surface area contributed by atoms with Gasteiger partial charge in [0.05, 0.1) is 30.2 Å². The molecule has 0 radical (unpaired) electrons. The second kappa shape index (κ2) is 11.5. The minimum absolute atomic E-state index is 0.0875. The molecule has 1 fully saturated rings. The van der Waals surface area contributed by atoms with Crippen molar-refractivity contribution in [1.82, 2.24) is 14.5 Å². The van der Waals surface area contributed by atoms with Crippen LogP contribution in [0.5, 0.6) is 0 Å². The third-order valence-electron chi connectivity index (χ3n) is 6.48. The molecule has 5 atom stereocenters. The monoisotopic (exact) mass is 599 g/mol. The van der Waals surface area contributed by atoms with Gasteiger partial charge in [-0.05, 0) is 11.5 Å². The van der Waals surface area contributed by atoms with Crippen LogP contribution >= 0.6 is 7.82 Å². The molecule has 3 aromatic rings. The highest BCUT2D eigenvalue weighted by molar-refractivity contribution is 7.46. The third kappa shape index (κ3) is 6.63. The summed E-state index contributed by atoms with van der Waals surface area (Å²) in [5.74, 6) is -0.180. The number of ether oxygens (including phenoxy) is 3. The predicted molar refractivity (Wildman–Crippen MR) is 140 cm³/mol. The van der Waals surface area contributed by atoms with E-state index >= 15 is 0 Å². The quantitative estimate of drug-likeness (QED) is 0.0704. The predicted octanol–water partition coefficient (Wildman–Crippen LogP) is 0.554. The lowest BCUT2D eigenvalue weighted by atomic mass is 9.84. The van der Waals surface area contributed by atoms with Crippen LogP contribution in [-0.4, -0.2) is 66.1 Å². The number of para-hydroxylation sites is 1. The van der Waals surface area contributed by atoms with Crippen molar-refractivity contribution in [1.29, 1.82) is 0 Å². The maximum absolute atomic E-state index is 12.5. The Hall–Kier alpha value is -3.28. The topological polar surface area (TPSA) is 238 Å². The lowest BCUT2D eigenvalue weighted by Crippen LogP contribution is -2.47. The fourth-order valence-corrected chi connectivity index (χ4v) is 5.09. The van der Waals surface area contributed by atoms with Crippen LogP contribution in [0.15, 0.2) is 35.4 Å². The summed E-state index contributed by atoms with van der Waals surface area (Å²) in [6.07, 6.45) is -4.52. The van der Waals surface area contributed by atoms with E-state index in [9.17, 15) is 24.6 Å². The summed E-state index contributed by atoms with van der Waals surface area (Å²) in [5.41, 5.74) is 5.00. The number of nitrogens with two attached hydrogens (primary N) is 1. The molecule has 1 aliphatic heterocycles. The molecule has 0 bridgehead atoms. The number of fused-ring (bicyclic) bond motifs is 1. The second-order valence-corrected chi connectivity index (χ2v) is 11.8. The van der Waals surface area contributed by atoms with Crippen LogP contribution in [0, 0.1) is 15.5 Å². The third-order valence-corrected chi connectivity index (χ3v) is 6.97. The number of aliphatic hydroxyl groups is 1. The fraction of sp³-hybridized carbons (Fsp3) is 0.522. The van der Waals surface area contributed by atoms with E-state index in [-0.39, 0.29) is 22.8 Å². The first-order valence-electron chi connectivity index (χ1n) is 12.3. The van der Waals surface area contributed by atoms with E-state index in [1.807, 2.05) is 20.8 Å². The zero-order valence-corrected chi connectivity index (χ0v) is 23.5. The fourth-order valence-electron chi connectivity index (χ4n) is 4.75. The number of hydrogen-bond donors (Lipinski definition) is 5. The number of nitrogen functional groups attached to an aromatic ring is 1. The highest BCUT2D eigenvalue weighted by Crippen LogP contribution is 2.41. The molecule has 0 aliphatic carbocycles. The molecule has 6 N–H and O–H groups in total. The van der Waals surface area contributed by atoms with Crippen LogP contribution in [0.2, 0.25) is 0 Å². The minimum Gasteiger partial charge on any atom is -0.387 e. The molecule has 2 unspecified atom stereocenters. The Morgan fingerprint density at radius 2 is 2.02 bits per heavy atom. The summed E-state index contributed by atoms with van der Waals surface area (Å²) in [6.45, 7) is 4.34. The van der Waals surface area contributed by atoms with Gasteiger partial charge in [0.15, 0.2) is 6.33 Å². The van der Waals surface area contributed by atoms with Gasteiger partial charge in [0.25, 0.3) is 17.2 Å². The number of phosphoric ester groups is 1. The first-order valence-corrected chi connectivity index (χ1v) is 13.9. The summed E-state index contributed by atoms with van der Waals surface area (Å²) >= 11 is 0. The number of H-pyrrole nitrogens is 1. The van der Waals surface area contributed by atoms with Crippen molar-refractivity contribution in [2.24, 2.45) is 12.5 Å². The number of aromatic nitrogens is 4. The van der Waals surface area contributed by atoms with Gasteiger partial charge in [-0.2, -0.15) is 0 Å². The number of aromatic amines is 1. The van der Waals surface area contributed by atoms with Gasteiger partial charge in [-0.15, -0.1) is 0 Å². The zero-order valence-electron chi connectivity index (χ0n) is 22.6. The van der Waals surface area contributed by atoms with Gasteiger partial charge in [-0.25, -0.2) is 9.13 Å². The molecule has 4 rings (SSSR count). The lowest BCUT2D eigenvalue weighted by molar-refractivity contribution is -0.746. The van der Waals surface area contributed by atoms with Gasteiger partial charge in [-0.1, -0.05) is 37.9 Å². The highest BCUT2D eigenvalue weighted by atomic mass is 31.2. The number of nitrogens with one attached hydrogen (secondary N) is 1. The Labute approximate surface area is 232 Å². The molecule has 3 heterocycles. The minimum atomic E-state index is -4.90. The lowest BCUT2D eigenvalue weighted by Gasteiger charge is -2.31. The van der Waals surface area contributed by atoms with Crippen molar-refractivity contribution in [3.8, 4) is 0 Å². The van der Waals surface area contributed by atoms with E-state index in [0.29, 0.717) is 5.56 Å². The number of aliphatic hydroxyl groups excluding tert-OH is 1. The maximum Gasteiger partial charge on any atom is 0.469 e. The summed E-state index contributed by atoms with van der Waals surface area (Å²) in [7, 11) is -3.33. The SMILES string of the molecule is Cn1c[n+]([C@@H]2O[C@H](COP(=O)(O)O)[C@H](O)C2OCOC(c2ccccc2[N+](=O)[O-])C(C)(C)C)c2nc(N)[nH]c(=O)c21. The van der Waals surface area contributed by atoms with Crippen LogP contribution in [0.1, 0.15) is 38.7 Å². The van der Waals surface area contributed by atoms with Crippen LogP contribution in [0.3, 0.4) is 0 Å². The zero-order chi connectivity index (χ0) is 30.3. The summed E-state index contributed by atoms with van der Waals surface area (Å²) in [4.78, 5) is 48.5. The van der Waals surface area contributed by atoms with E-state index in [1.165, 1.54) is 21.5 Å². The standard InChI is InChI=1S/C23H31N6O11P/c1-23(2,3)18(12-7-5-6-8-13(12)29(32)33)38-11-37-17-16(30)14(9-39-41(34,35)36)40-21(17)28-10-27(4)15-19(28)25-22(24)26-20(15)31/h5-8,10,14,16-18,21,30H,9,11H2,1-4H3,(H4-,24,25,26,31,34,35,36)/p+1/t14-,16+,17?,18?,21-/m1/s1. The Bertz CT molecular complexity index is 1530. The Kier molecular flexibility index (Phi) is 8.63. The molecule has 224 valence electrons. The van der Waals surface area contributed by atoms with Gasteiger partial charge in [0, 0.05) is 6.07 Å². The van der Waals surface area contributed by atoms with Crippen molar-refractivity contribution in [2.75, 3.05) is 19.1 Å². The van der Waals surface area contributed by atoms with E-state index in [4.69, 9.17) is 29.7 Å². The first kappa shape index (κ1) is 30.7. The van der Waals surface area contributed by atoms with Crippen molar-refractivity contribution in [3.63, 3.8) is 0 Å². The number of hydrogen-bond acceptors (Lipinski definition) is 11. The molecule has 0 amide bonds. The number of nitrogens with zero attached hydrogens (tertiary/aromatic N) is 4. The molecule has 1 saturated heterocycles. The molecular weight excluding hydrogens is 567 g/mol. The van der Waals surface area contributed by atoms with Gasteiger partial charge in [0.2, 0.25) is 11.7 Å². The van der Waals surface area contributed by atoms with Crippen molar-refractivity contribution in [2.45, 2.75) is 51.4 Å². The molecule has 2 aromatic heterocycles. The number of aryl methyl sites for hydroxylation is 1. The van der Waals surface area contributed by atoms with E-state index in [2.05, 4.69) is 14.5 Å². The maximum atomic E-state index is 12.5. The molecule has 1 aromatic carbocycles. The molecule has 18 heteroatoms. The Morgan fingerprint density at radius 3 is 2.66 bits per heavy atom. The number of phosphoric acid groups is 1. The molecule has 1 aliphatic rings. The summed E-state index contributed by atoms with van der Waals surface area (Å²) in [5, 5.41) is 22.7. The largest absolute Gasteiger partial charge is 0.469 e. The van der Waals surface area contributed by atoms with E-state index in [0.717, 1.165) is 0 Å². The molecule has 41 heavy (non-hydrogen) atoms. The Morgan fingerprint density at radius 1 is 1.34 bits per heavy atom. The molecule has 17 nitrogen and oxygen atoms in total. The molecule has 0 saturated carbocycles. The number of rotatable bonds is 10. The average molecular weight is 600 g/mol. The van der Waals surface area contributed by atoms with Crippen LogP contribution < -0.4 is 15.9 Å². The average Bonchev–Trinajstić information content (AvgIpc) is 3.35. The van der Waals surface area contributed by atoms with Crippen molar-refractivity contribution < 1.29 is 47.7 Å². The number of nitro groups is 1. The number of anilines is 1. The van der Waals surface area contributed by atoms with E-state index < -0.39 is 67.8 Å². The summed E-state index contributed by atoms with van der Waals surface area (Å²) < 4.78 is 36.5. The van der Waals surface area contributed by atoms with Crippen molar-refractivity contribution >= 4 is 30.6 Å². The Balaban J connectivity index is 1.65. The summed E-state index contributed by atoms with van der Waals surface area (Å²) in [6, 6.07) is 6.15. The second-order valence-electron chi connectivity index (χ2n) is 10.6. The van der Waals surface area contributed by atoms with Crippen molar-refractivity contribution in [3.05, 3.63) is 56.6 Å². The van der Waals surface area contributed by atoms with Crippen LogP contribution in [0.4, 0.5) is 11.6 Å². The van der Waals surface area contributed by atoms with Crippen LogP contribution in [0.25, 0.3) is 11.2 Å².